The Bertz CT molecular complexity index is 527. The van der Waals surface area contributed by atoms with Crippen LogP contribution in [0.1, 0.15) is 38.5 Å². The number of sulfonamides is 1. The molecule has 2 atom stereocenters. The summed E-state index contributed by atoms with van der Waals surface area (Å²) in [5, 5.41) is 0. The maximum Gasteiger partial charge on any atom is 0.223 e. The Morgan fingerprint density at radius 2 is 2.00 bits per heavy atom. The Balaban J connectivity index is 1.68. The number of amides is 1. The number of hydrogen-bond donors (Lipinski definition) is 0. The third-order valence-corrected chi connectivity index (χ3v) is 6.81. The fraction of sp³-hybridized carbons (Fsp3) is 0.800. The molecule has 0 N–H and O–H groups in total. The zero-order valence-electron chi connectivity index (χ0n) is 12.4. The van der Waals surface area contributed by atoms with Gasteiger partial charge in [0.2, 0.25) is 15.9 Å². The quantitative estimate of drug-likeness (QED) is 0.720. The first-order valence-corrected chi connectivity index (χ1v) is 9.53. The number of likely N-dealkylation sites (tertiary alicyclic amines) is 1. The van der Waals surface area contributed by atoms with Gasteiger partial charge in [-0.1, -0.05) is 6.08 Å². The highest BCUT2D eigenvalue weighted by atomic mass is 32.2. The molecule has 1 amide bonds. The Labute approximate surface area is 127 Å². The minimum Gasteiger partial charge on any atom is -0.336 e. The molecule has 2 heterocycles. The lowest BCUT2D eigenvalue weighted by Crippen LogP contribution is -2.57. The molecule has 0 radical (unpaired) electrons. The van der Waals surface area contributed by atoms with E-state index < -0.39 is 10.0 Å². The van der Waals surface area contributed by atoms with E-state index in [2.05, 4.69) is 11.5 Å². The van der Waals surface area contributed by atoms with Crippen LogP contribution in [0.15, 0.2) is 12.7 Å². The molecular formula is C15H24N2O3S. The summed E-state index contributed by atoms with van der Waals surface area (Å²) in [6.07, 6.45) is 6.60. The van der Waals surface area contributed by atoms with Gasteiger partial charge in [0.05, 0.1) is 5.75 Å². The predicted octanol–water partition coefficient (Wildman–Crippen LogP) is 1.37. The Kier molecular flexibility index (Phi) is 4.10. The van der Waals surface area contributed by atoms with Crippen molar-refractivity contribution in [2.24, 2.45) is 5.92 Å². The second-order valence-electron chi connectivity index (χ2n) is 6.44. The normalized spacial score (nSPS) is 31.0. The fourth-order valence-electron chi connectivity index (χ4n) is 3.70. The van der Waals surface area contributed by atoms with Crippen molar-refractivity contribution >= 4 is 15.9 Å². The summed E-state index contributed by atoms with van der Waals surface area (Å²) in [7, 11) is -3.17. The number of hydrogen-bond acceptors (Lipinski definition) is 3. The molecule has 3 aliphatic rings. The average molecular weight is 312 g/mol. The van der Waals surface area contributed by atoms with Gasteiger partial charge in [-0.2, -0.15) is 0 Å². The van der Waals surface area contributed by atoms with E-state index in [1.165, 1.54) is 0 Å². The van der Waals surface area contributed by atoms with Gasteiger partial charge in [0.1, 0.15) is 0 Å². The van der Waals surface area contributed by atoms with Crippen LogP contribution in [0.5, 0.6) is 0 Å². The topological polar surface area (TPSA) is 57.7 Å². The Morgan fingerprint density at radius 1 is 1.24 bits per heavy atom. The van der Waals surface area contributed by atoms with E-state index in [0.717, 1.165) is 25.7 Å². The van der Waals surface area contributed by atoms with Gasteiger partial charge in [0.25, 0.3) is 0 Å². The van der Waals surface area contributed by atoms with Crippen LogP contribution in [0.25, 0.3) is 0 Å². The lowest BCUT2D eigenvalue weighted by molar-refractivity contribution is -0.141. The van der Waals surface area contributed by atoms with Crippen molar-refractivity contribution in [1.82, 2.24) is 9.21 Å². The second-order valence-corrected chi connectivity index (χ2v) is 8.53. The molecule has 1 saturated carbocycles. The van der Waals surface area contributed by atoms with E-state index in [9.17, 15) is 13.2 Å². The lowest BCUT2D eigenvalue weighted by Gasteiger charge is -2.46. The van der Waals surface area contributed by atoms with E-state index in [1.807, 2.05) is 0 Å². The van der Waals surface area contributed by atoms with Gasteiger partial charge in [-0.05, 0) is 38.0 Å². The van der Waals surface area contributed by atoms with Crippen molar-refractivity contribution in [1.29, 1.82) is 0 Å². The molecule has 6 heteroatoms. The largest absolute Gasteiger partial charge is 0.336 e. The number of carbonyl (C=O) groups is 1. The first kappa shape index (κ1) is 15.0. The van der Waals surface area contributed by atoms with E-state index >= 15 is 0 Å². The molecule has 2 aliphatic heterocycles. The maximum absolute atomic E-state index is 12.3. The Hall–Kier alpha value is -0.880. The van der Waals surface area contributed by atoms with Gasteiger partial charge < -0.3 is 4.90 Å². The van der Waals surface area contributed by atoms with Gasteiger partial charge in [0.15, 0.2) is 0 Å². The summed E-state index contributed by atoms with van der Waals surface area (Å²) in [6.45, 7) is 4.73. The standard InChI is InChI=1S/C15H24N2O3S/c1-2-3-10-21(19,20)16-9-8-14-12(11-16)4-7-15(18)17(14)13-5-6-13/h2,12-14H,1,3-11H2/t12-,14+/m1/s1. The van der Waals surface area contributed by atoms with E-state index in [4.69, 9.17) is 0 Å². The van der Waals surface area contributed by atoms with Crippen LogP contribution < -0.4 is 0 Å². The summed E-state index contributed by atoms with van der Waals surface area (Å²) in [5.41, 5.74) is 0. The SMILES string of the molecule is C=CCCS(=O)(=O)N1CC[C@H]2[C@H](CCC(=O)N2C2CC2)C1. The van der Waals surface area contributed by atoms with Crippen LogP contribution in [0.4, 0.5) is 0 Å². The third kappa shape index (κ3) is 3.01. The molecule has 2 saturated heterocycles. The van der Waals surface area contributed by atoms with Gasteiger partial charge in [0, 0.05) is 31.6 Å². The first-order valence-electron chi connectivity index (χ1n) is 7.93. The number of fused-ring (bicyclic) bond motifs is 1. The van der Waals surface area contributed by atoms with Gasteiger partial charge in [-0.15, -0.1) is 6.58 Å². The lowest BCUT2D eigenvalue weighted by atomic mass is 9.84. The summed E-state index contributed by atoms with van der Waals surface area (Å²) < 4.78 is 26.3. The van der Waals surface area contributed by atoms with Crippen molar-refractivity contribution < 1.29 is 13.2 Å². The highest BCUT2D eigenvalue weighted by Gasteiger charge is 2.46. The third-order valence-electron chi connectivity index (χ3n) is 4.94. The predicted molar refractivity (Wildman–Crippen MR) is 81.2 cm³/mol. The van der Waals surface area contributed by atoms with Crippen LogP contribution in [-0.2, 0) is 14.8 Å². The number of nitrogens with zero attached hydrogens (tertiary/aromatic N) is 2. The van der Waals surface area contributed by atoms with E-state index in [1.54, 1.807) is 10.4 Å². The van der Waals surface area contributed by atoms with Crippen molar-refractivity contribution in [2.45, 2.75) is 50.6 Å². The van der Waals surface area contributed by atoms with Gasteiger partial charge in [-0.3, -0.25) is 4.79 Å². The molecular weight excluding hydrogens is 288 g/mol. The molecule has 0 aromatic heterocycles. The molecule has 118 valence electrons. The van der Waals surface area contributed by atoms with Crippen LogP contribution in [0.3, 0.4) is 0 Å². The van der Waals surface area contributed by atoms with E-state index in [0.29, 0.717) is 37.9 Å². The summed E-state index contributed by atoms with van der Waals surface area (Å²) >= 11 is 0. The summed E-state index contributed by atoms with van der Waals surface area (Å²) in [4.78, 5) is 14.2. The van der Waals surface area contributed by atoms with Gasteiger partial charge >= 0.3 is 0 Å². The molecule has 0 aromatic carbocycles. The zero-order chi connectivity index (χ0) is 15.0. The monoisotopic (exact) mass is 312 g/mol. The molecule has 0 unspecified atom stereocenters. The number of rotatable bonds is 5. The number of carbonyl (C=O) groups excluding carboxylic acids is 1. The number of allylic oxidation sites excluding steroid dienone is 1. The van der Waals surface area contributed by atoms with E-state index in [-0.39, 0.29) is 17.7 Å². The number of piperidine rings is 2. The molecule has 3 rings (SSSR count). The molecule has 21 heavy (non-hydrogen) atoms. The maximum atomic E-state index is 12.3. The molecule has 0 spiro atoms. The van der Waals surface area contributed by atoms with Crippen LogP contribution in [0, 0.1) is 5.92 Å². The molecule has 0 bridgehead atoms. The average Bonchev–Trinajstić information content (AvgIpc) is 3.29. The Morgan fingerprint density at radius 3 is 2.67 bits per heavy atom. The van der Waals surface area contributed by atoms with Crippen molar-refractivity contribution in [2.75, 3.05) is 18.8 Å². The zero-order valence-corrected chi connectivity index (χ0v) is 13.2. The fourth-order valence-corrected chi connectivity index (χ4v) is 5.23. The first-order chi connectivity index (χ1) is 10.0. The smallest absolute Gasteiger partial charge is 0.223 e. The molecule has 0 aromatic rings. The van der Waals surface area contributed by atoms with Crippen molar-refractivity contribution in [3.05, 3.63) is 12.7 Å². The highest BCUT2D eigenvalue weighted by Crippen LogP contribution is 2.39. The minimum absolute atomic E-state index is 0.152. The summed E-state index contributed by atoms with van der Waals surface area (Å²) in [5.74, 6) is 0.747. The summed E-state index contributed by atoms with van der Waals surface area (Å²) in [6, 6.07) is 0.707. The molecule has 3 fully saturated rings. The highest BCUT2D eigenvalue weighted by molar-refractivity contribution is 7.89. The van der Waals surface area contributed by atoms with Crippen LogP contribution >= 0.6 is 0 Å². The molecule has 1 aliphatic carbocycles. The van der Waals surface area contributed by atoms with Crippen LogP contribution in [-0.4, -0.2) is 54.5 Å². The molecule has 5 nitrogen and oxygen atoms in total. The van der Waals surface area contributed by atoms with Crippen molar-refractivity contribution in [3.8, 4) is 0 Å². The second kappa shape index (κ2) is 5.72. The minimum atomic E-state index is -3.17. The van der Waals surface area contributed by atoms with Crippen molar-refractivity contribution in [3.63, 3.8) is 0 Å². The van der Waals surface area contributed by atoms with Gasteiger partial charge in [-0.25, -0.2) is 12.7 Å². The van der Waals surface area contributed by atoms with Crippen LogP contribution in [0.2, 0.25) is 0 Å².